The molecule has 0 aliphatic carbocycles. The first-order valence-electron chi connectivity index (χ1n) is 6.21. The zero-order valence-electron chi connectivity index (χ0n) is 11.0. The van der Waals surface area contributed by atoms with Crippen LogP contribution in [-0.4, -0.2) is 25.1 Å². The van der Waals surface area contributed by atoms with Crippen LogP contribution in [0.15, 0.2) is 40.2 Å². The molecule has 0 unspecified atom stereocenters. The Hall–Kier alpha value is -1.93. The molecular formula is C12H16N4O3S. The number of sulfonamides is 1. The molecule has 0 aliphatic rings. The molecule has 2 N–H and O–H groups in total. The number of pyridine rings is 1. The highest BCUT2D eigenvalue weighted by Gasteiger charge is 2.20. The molecule has 0 amide bonds. The Morgan fingerprint density at radius 1 is 1.35 bits per heavy atom. The lowest BCUT2D eigenvalue weighted by Crippen LogP contribution is -2.25. The molecule has 0 saturated heterocycles. The summed E-state index contributed by atoms with van der Waals surface area (Å²) in [6, 6.07) is 4.97. The van der Waals surface area contributed by atoms with E-state index < -0.39 is 10.0 Å². The van der Waals surface area contributed by atoms with Gasteiger partial charge < -0.3 is 9.84 Å². The van der Waals surface area contributed by atoms with Crippen molar-refractivity contribution in [3.05, 3.63) is 36.4 Å². The van der Waals surface area contributed by atoms with Gasteiger partial charge in [-0.05, 0) is 18.6 Å². The quantitative estimate of drug-likeness (QED) is 0.801. The van der Waals surface area contributed by atoms with Crippen molar-refractivity contribution >= 4 is 15.7 Å². The maximum Gasteiger partial charge on any atom is 0.260 e. The molecule has 0 aliphatic heterocycles. The highest BCUT2D eigenvalue weighted by Crippen LogP contribution is 2.17. The molecule has 8 heteroatoms. The first-order chi connectivity index (χ1) is 9.63. The Kier molecular flexibility index (Phi) is 4.70. The average Bonchev–Trinajstić information content (AvgIpc) is 2.97. The highest BCUT2D eigenvalue weighted by atomic mass is 32.2. The topological polar surface area (TPSA) is 97.1 Å². The number of nitrogens with zero attached hydrogens (tertiary/aromatic N) is 2. The summed E-state index contributed by atoms with van der Waals surface area (Å²) >= 11 is 0. The van der Waals surface area contributed by atoms with Gasteiger partial charge in [0.2, 0.25) is 0 Å². The van der Waals surface area contributed by atoms with E-state index in [-0.39, 0.29) is 11.6 Å². The van der Waals surface area contributed by atoms with Crippen molar-refractivity contribution in [3.63, 3.8) is 0 Å². The molecule has 2 rings (SSSR count). The molecule has 0 bridgehead atoms. The van der Waals surface area contributed by atoms with Crippen LogP contribution >= 0.6 is 0 Å². The summed E-state index contributed by atoms with van der Waals surface area (Å²) in [5, 5.41) is 6.68. The van der Waals surface area contributed by atoms with E-state index in [9.17, 15) is 8.42 Å². The smallest absolute Gasteiger partial charge is 0.260 e. The summed E-state index contributed by atoms with van der Waals surface area (Å²) in [6.07, 6.45) is 3.72. The lowest BCUT2D eigenvalue weighted by Gasteiger charge is -2.11. The van der Waals surface area contributed by atoms with Crippen LogP contribution in [0.1, 0.15) is 19.0 Å². The summed E-state index contributed by atoms with van der Waals surface area (Å²) in [5.74, 6) is 0. The molecule has 0 spiro atoms. The molecule has 20 heavy (non-hydrogen) atoms. The monoisotopic (exact) mass is 296 g/mol. The Bertz CT molecular complexity index is 640. The van der Waals surface area contributed by atoms with E-state index in [1.54, 1.807) is 18.2 Å². The van der Waals surface area contributed by atoms with Gasteiger partial charge >= 0.3 is 0 Å². The van der Waals surface area contributed by atoms with E-state index in [0.717, 1.165) is 6.42 Å². The van der Waals surface area contributed by atoms with Gasteiger partial charge in [-0.1, -0.05) is 12.1 Å². The number of hydrogen-bond donors (Lipinski definition) is 2. The van der Waals surface area contributed by atoms with Crippen LogP contribution in [0.2, 0.25) is 0 Å². The van der Waals surface area contributed by atoms with Crippen molar-refractivity contribution < 1.29 is 12.9 Å². The molecule has 108 valence electrons. The molecule has 2 aromatic heterocycles. The fourth-order valence-corrected chi connectivity index (χ4v) is 2.67. The summed E-state index contributed by atoms with van der Waals surface area (Å²) in [5.41, 5.74) is 0.995. The zero-order valence-corrected chi connectivity index (χ0v) is 11.9. The van der Waals surface area contributed by atoms with Gasteiger partial charge in [-0.25, -0.2) is 18.1 Å². The largest absolute Gasteiger partial charge is 0.383 e. The fraction of sp³-hybridized carbons (Fsp3) is 0.333. The molecule has 0 aromatic carbocycles. The second-order valence-corrected chi connectivity index (χ2v) is 5.78. The van der Waals surface area contributed by atoms with Gasteiger partial charge in [0.05, 0.1) is 17.9 Å². The summed E-state index contributed by atoms with van der Waals surface area (Å²) in [4.78, 5) is 3.95. The first-order valence-corrected chi connectivity index (χ1v) is 7.69. The van der Waals surface area contributed by atoms with Crippen LogP contribution in [0.5, 0.6) is 0 Å². The van der Waals surface area contributed by atoms with Crippen LogP contribution in [0.3, 0.4) is 0 Å². The maximum atomic E-state index is 12.2. The van der Waals surface area contributed by atoms with E-state index in [1.165, 1.54) is 12.5 Å². The van der Waals surface area contributed by atoms with E-state index in [4.69, 9.17) is 0 Å². The van der Waals surface area contributed by atoms with Gasteiger partial charge in [0, 0.05) is 18.8 Å². The molecule has 0 radical (unpaired) electrons. The molecule has 0 fully saturated rings. The number of aromatic nitrogens is 2. The first kappa shape index (κ1) is 14.5. The lowest BCUT2D eigenvalue weighted by atomic mass is 10.4. The number of hydrogen-bond acceptors (Lipinski definition) is 6. The van der Waals surface area contributed by atoms with Crippen molar-refractivity contribution in [1.29, 1.82) is 0 Å². The number of nitrogens with one attached hydrogen (secondary N) is 2. The third-order valence-electron chi connectivity index (χ3n) is 2.53. The molecule has 0 atom stereocenters. The van der Waals surface area contributed by atoms with Gasteiger partial charge in [-0.15, -0.1) is 0 Å². The second kappa shape index (κ2) is 6.49. The van der Waals surface area contributed by atoms with E-state index in [0.29, 0.717) is 17.9 Å². The Labute approximate surface area is 117 Å². The maximum absolute atomic E-state index is 12.2. The minimum atomic E-state index is -3.70. The van der Waals surface area contributed by atoms with Crippen molar-refractivity contribution in [2.75, 3.05) is 11.9 Å². The zero-order chi connectivity index (χ0) is 14.4. The van der Waals surface area contributed by atoms with Gasteiger partial charge in [-0.3, -0.25) is 0 Å². The van der Waals surface area contributed by atoms with Crippen LogP contribution in [0.25, 0.3) is 0 Å². The lowest BCUT2D eigenvalue weighted by molar-refractivity contribution is 0.411. The molecule has 7 nitrogen and oxygen atoms in total. The molecule has 2 heterocycles. The Morgan fingerprint density at radius 3 is 2.90 bits per heavy atom. The molecule has 0 saturated carbocycles. The van der Waals surface area contributed by atoms with Crippen molar-refractivity contribution in [2.24, 2.45) is 0 Å². The summed E-state index contributed by atoms with van der Waals surface area (Å²) < 4.78 is 31.6. The number of anilines is 1. The summed E-state index contributed by atoms with van der Waals surface area (Å²) in [7, 11) is -3.70. The molecule has 2 aromatic rings. The van der Waals surface area contributed by atoms with Crippen LogP contribution in [0.4, 0.5) is 5.69 Å². The van der Waals surface area contributed by atoms with E-state index >= 15 is 0 Å². The van der Waals surface area contributed by atoms with Crippen LogP contribution in [-0.2, 0) is 16.6 Å². The number of rotatable bonds is 7. The molecular weight excluding hydrogens is 280 g/mol. The third-order valence-corrected chi connectivity index (χ3v) is 3.88. The predicted molar refractivity (Wildman–Crippen MR) is 73.5 cm³/mol. The second-order valence-electron chi connectivity index (χ2n) is 4.10. The van der Waals surface area contributed by atoms with Crippen molar-refractivity contribution in [1.82, 2.24) is 14.9 Å². The van der Waals surface area contributed by atoms with Gasteiger partial charge in [0.15, 0.2) is 5.03 Å². The minimum Gasteiger partial charge on any atom is -0.383 e. The SMILES string of the molecule is CCCNc1cccnc1S(=O)(=O)NCc1ccon1. The van der Waals surface area contributed by atoms with Crippen molar-refractivity contribution in [3.8, 4) is 0 Å². The van der Waals surface area contributed by atoms with Crippen LogP contribution in [0, 0.1) is 0 Å². The predicted octanol–water partition coefficient (Wildman–Crippen LogP) is 1.37. The van der Waals surface area contributed by atoms with Crippen LogP contribution < -0.4 is 10.0 Å². The fourth-order valence-electron chi connectivity index (χ4n) is 1.57. The van der Waals surface area contributed by atoms with E-state index in [2.05, 4.69) is 24.7 Å². The standard InChI is InChI=1S/C12H16N4O3S/c1-2-6-13-11-4-3-7-14-12(11)20(17,18)15-9-10-5-8-19-16-10/h3-5,7-8,13,15H,2,6,9H2,1H3. The highest BCUT2D eigenvalue weighted by molar-refractivity contribution is 7.89. The summed E-state index contributed by atoms with van der Waals surface area (Å²) in [6.45, 7) is 2.74. The van der Waals surface area contributed by atoms with Crippen molar-refractivity contribution in [2.45, 2.75) is 24.9 Å². The van der Waals surface area contributed by atoms with E-state index in [1.807, 2.05) is 6.92 Å². The normalized spacial score (nSPS) is 11.4. The minimum absolute atomic E-state index is 0.0167. The van der Waals surface area contributed by atoms with Gasteiger partial charge in [0.25, 0.3) is 10.0 Å². The third kappa shape index (κ3) is 3.55. The Balaban J connectivity index is 2.16. The van der Waals surface area contributed by atoms with Gasteiger partial charge in [-0.2, -0.15) is 0 Å². The van der Waals surface area contributed by atoms with Gasteiger partial charge in [0.1, 0.15) is 6.26 Å². The average molecular weight is 296 g/mol. The Morgan fingerprint density at radius 2 is 2.20 bits per heavy atom.